The Morgan fingerprint density at radius 1 is 0.862 bits per heavy atom. The minimum absolute atomic E-state index is 0.0446. The van der Waals surface area contributed by atoms with Gasteiger partial charge in [0.05, 0.1) is 11.4 Å². The second-order valence-electron chi connectivity index (χ2n) is 7.94. The van der Waals surface area contributed by atoms with E-state index in [2.05, 4.69) is 104 Å². The van der Waals surface area contributed by atoms with Crippen molar-refractivity contribution in [2.24, 2.45) is 0 Å². The topological polar surface area (TPSA) is 28.3 Å². The zero-order chi connectivity index (χ0) is 19.8. The Kier molecular flexibility index (Phi) is 4.26. The molecule has 0 radical (unpaired) electrons. The van der Waals surface area contributed by atoms with Gasteiger partial charge in [-0.3, -0.25) is 4.84 Å². The number of hydrogen-bond acceptors (Lipinski definition) is 2. The Hall–Kier alpha value is -3.30. The summed E-state index contributed by atoms with van der Waals surface area (Å²) in [5.74, 6) is 0. The molecule has 0 amide bonds. The third-order valence-corrected chi connectivity index (χ3v) is 5.50. The van der Waals surface area contributed by atoms with Gasteiger partial charge < -0.3 is 4.98 Å². The van der Waals surface area contributed by atoms with Gasteiger partial charge in [0, 0.05) is 16.5 Å². The number of rotatable bonds is 3. The molecule has 3 aromatic carbocycles. The summed E-state index contributed by atoms with van der Waals surface area (Å²) in [5, 5.41) is 3.28. The first-order chi connectivity index (χ1) is 14.1. The highest BCUT2D eigenvalue weighted by atomic mass is 16.7. The standard InChI is InChI=1S/C26H24N2O/c1-26(2)25-24(21-15-9-10-16-22(21)27-25)23(18-17-19-11-5-3-6-12-19)28(29-26)20-13-7-4-8-14-20/h3-18,23,27H,1-2H3/b18-17+/t23-/m1/s1. The van der Waals surface area contributed by atoms with Gasteiger partial charge in [0.1, 0.15) is 11.6 Å². The van der Waals surface area contributed by atoms with E-state index in [0.29, 0.717) is 0 Å². The molecule has 3 nitrogen and oxygen atoms in total. The minimum Gasteiger partial charge on any atom is -0.356 e. The van der Waals surface area contributed by atoms with Crippen LogP contribution in [0.25, 0.3) is 17.0 Å². The second-order valence-corrected chi connectivity index (χ2v) is 7.94. The number of aromatic nitrogens is 1. The molecule has 29 heavy (non-hydrogen) atoms. The molecule has 1 atom stereocenters. The molecule has 0 saturated carbocycles. The lowest BCUT2D eigenvalue weighted by Gasteiger charge is -2.43. The molecule has 3 heteroatoms. The Morgan fingerprint density at radius 2 is 1.52 bits per heavy atom. The van der Waals surface area contributed by atoms with Gasteiger partial charge >= 0.3 is 0 Å². The van der Waals surface area contributed by atoms with Crippen molar-refractivity contribution >= 4 is 22.7 Å². The summed E-state index contributed by atoms with van der Waals surface area (Å²) < 4.78 is 0. The quantitative estimate of drug-likeness (QED) is 0.433. The smallest absolute Gasteiger partial charge is 0.131 e. The zero-order valence-corrected chi connectivity index (χ0v) is 16.7. The van der Waals surface area contributed by atoms with Crippen LogP contribution in [0, 0.1) is 0 Å². The molecule has 1 N–H and O–H groups in total. The highest BCUT2D eigenvalue weighted by molar-refractivity contribution is 5.87. The van der Waals surface area contributed by atoms with Crippen molar-refractivity contribution in [1.82, 2.24) is 4.98 Å². The molecule has 1 aromatic heterocycles. The van der Waals surface area contributed by atoms with Gasteiger partial charge in [-0.2, -0.15) is 0 Å². The number of nitrogens with zero attached hydrogens (tertiary/aromatic N) is 1. The molecule has 1 aliphatic heterocycles. The maximum absolute atomic E-state index is 6.57. The van der Waals surface area contributed by atoms with Crippen LogP contribution in [0.15, 0.2) is 91.0 Å². The predicted molar refractivity (Wildman–Crippen MR) is 120 cm³/mol. The fourth-order valence-electron chi connectivity index (χ4n) is 4.14. The number of anilines is 1. The summed E-state index contributed by atoms with van der Waals surface area (Å²) in [6.07, 6.45) is 4.41. The van der Waals surface area contributed by atoms with Crippen molar-refractivity contribution in [2.75, 3.05) is 5.06 Å². The summed E-state index contributed by atoms with van der Waals surface area (Å²) in [7, 11) is 0. The number of hydroxylamine groups is 1. The summed E-state index contributed by atoms with van der Waals surface area (Å²) in [6.45, 7) is 4.24. The Labute approximate surface area is 171 Å². The molecule has 0 fully saturated rings. The molecule has 0 bridgehead atoms. The zero-order valence-electron chi connectivity index (χ0n) is 16.7. The molecule has 0 unspecified atom stereocenters. The van der Waals surface area contributed by atoms with Crippen LogP contribution < -0.4 is 5.06 Å². The van der Waals surface area contributed by atoms with Gasteiger partial charge in [-0.15, -0.1) is 0 Å². The Morgan fingerprint density at radius 3 is 2.28 bits per heavy atom. The van der Waals surface area contributed by atoms with E-state index in [-0.39, 0.29) is 6.04 Å². The summed E-state index contributed by atoms with van der Waals surface area (Å²) in [5.41, 5.74) is 5.29. The van der Waals surface area contributed by atoms with Crippen molar-refractivity contribution in [1.29, 1.82) is 0 Å². The highest BCUT2D eigenvalue weighted by Crippen LogP contribution is 2.46. The number of aromatic amines is 1. The molecule has 1 aliphatic rings. The monoisotopic (exact) mass is 380 g/mol. The van der Waals surface area contributed by atoms with Crippen LogP contribution in [0.1, 0.15) is 36.7 Å². The average Bonchev–Trinajstić information content (AvgIpc) is 3.15. The molecule has 4 aromatic rings. The minimum atomic E-state index is -0.471. The van der Waals surface area contributed by atoms with Gasteiger partial charge in [-0.1, -0.05) is 78.9 Å². The molecule has 0 saturated heterocycles. The van der Waals surface area contributed by atoms with Gasteiger partial charge in [-0.25, -0.2) is 5.06 Å². The van der Waals surface area contributed by atoms with Crippen molar-refractivity contribution < 1.29 is 4.84 Å². The van der Waals surface area contributed by atoms with E-state index in [1.165, 1.54) is 16.5 Å². The van der Waals surface area contributed by atoms with E-state index in [4.69, 9.17) is 4.84 Å². The first kappa shape index (κ1) is 17.8. The number of benzene rings is 3. The Balaban J connectivity index is 1.71. The van der Waals surface area contributed by atoms with Gasteiger partial charge in [0.15, 0.2) is 0 Å². The second kappa shape index (κ2) is 6.94. The van der Waals surface area contributed by atoms with E-state index in [1.54, 1.807) is 0 Å². The molecule has 0 spiro atoms. The van der Waals surface area contributed by atoms with Crippen LogP contribution in [-0.4, -0.2) is 4.98 Å². The number of hydrogen-bond donors (Lipinski definition) is 1. The molecule has 2 heterocycles. The van der Waals surface area contributed by atoms with E-state index < -0.39 is 5.60 Å². The normalized spacial score (nSPS) is 18.3. The largest absolute Gasteiger partial charge is 0.356 e. The van der Waals surface area contributed by atoms with Gasteiger partial charge in [-0.05, 0) is 37.6 Å². The van der Waals surface area contributed by atoms with Gasteiger partial charge in [0.25, 0.3) is 0 Å². The molecule has 5 rings (SSSR count). The first-order valence-corrected chi connectivity index (χ1v) is 10.0. The SMILES string of the molecule is CC1(C)ON(c2ccccc2)[C@H](/C=C/c2ccccc2)c2c1[nH]c1ccccc21. The van der Waals surface area contributed by atoms with Crippen molar-refractivity contribution in [2.45, 2.75) is 25.5 Å². The van der Waals surface area contributed by atoms with Crippen molar-refractivity contribution in [3.63, 3.8) is 0 Å². The molecular formula is C26H24N2O. The van der Waals surface area contributed by atoms with Crippen molar-refractivity contribution in [3.8, 4) is 0 Å². The maximum Gasteiger partial charge on any atom is 0.131 e. The van der Waals surface area contributed by atoms with Crippen LogP contribution >= 0.6 is 0 Å². The first-order valence-electron chi connectivity index (χ1n) is 10.0. The molecular weight excluding hydrogens is 356 g/mol. The fourth-order valence-corrected chi connectivity index (χ4v) is 4.14. The lowest BCUT2D eigenvalue weighted by molar-refractivity contribution is -0.0618. The van der Waals surface area contributed by atoms with E-state index in [1.807, 2.05) is 17.2 Å². The lowest BCUT2D eigenvalue weighted by Crippen LogP contribution is -2.42. The number of fused-ring (bicyclic) bond motifs is 3. The third kappa shape index (κ3) is 3.14. The average molecular weight is 380 g/mol. The number of H-pyrrole nitrogens is 1. The summed E-state index contributed by atoms with van der Waals surface area (Å²) in [4.78, 5) is 10.2. The summed E-state index contributed by atoms with van der Waals surface area (Å²) >= 11 is 0. The van der Waals surface area contributed by atoms with Crippen LogP contribution in [0.3, 0.4) is 0 Å². The molecule has 0 aliphatic carbocycles. The number of para-hydroxylation sites is 2. The lowest BCUT2D eigenvalue weighted by atomic mass is 9.91. The van der Waals surface area contributed by atoms with E-state index in [9.17, 15) is 0 Å². The molecule has 144 valence electrons. The van der Waals surface area contributed by atoms with E-state index >= 15 is 0 Å². The van der Waals surface area contributed by atoms with Crippen LogP contribution in [-0.2, 0) is 10.4 Å². The van der Waals surface area contributed by atoms with Crippen LogP contribution in [0.4, 0.5) is 5.69 Å². The highest BCUT2D eigenvalue weighted by Gasteiger charge is 2.41. The van der Waals surface area contributed by atoms with E-state index in [0.717, 1.165) is 16.9 Å². The Bertz CT molecular complexity index is 1160. The number of nitrogens with one attached hydrogen (secondary N) is 1. The van der Waals surface area contributed by atoms with Crippen molar-refractivity contribution in [3.05, 3.63) is 108 Å². The van der Waals surface area contributed by atoms with Crippen LogP contribution in [0.2, 0.25) is 0 Å². The van der Waals surface area contributed by atoms with Crippen LogP contribution in [0.5, 0.6) is 0 Å². The summed E-state index contributed by atoms with van der Waals surface area (Å²) in [6, 6.07) is 29.2. The maximum atomic E-state index is 6.57. The third-order valence-electron chi connectivity index (χ3n) is 5.50. The van der Waals surface area contributed by atoms with Gasteiger partial charge in [0.2, 0.25) is 0 Å². The fraction of sp³-hybridized carbons (Fsp3) is 0.154. The predicted octanol–water partition coefficient (Wildman–Crippen LogP) is 6.61.